The number of esters is 1. The average molecular weight is 501 g/mol. The van der Waals surface area contributed by atoms with E-state index in [0.29, 0.717) is 6.42 Å². The van der Waals surface area contributed by atoms with E-state index in [2.05, 4.69) is 15.0 Å². The minimum atomic E-state index is -1.03. The minimum absolute atomic E-state index is 0.0704. The van der Waals surface area contributed by atoms with Gasteiger partial charge in [-0.25, -0.2) is 9.78 Å². The summed E-state index contributed by atoms with van der Waals surface area (Å²) in [6, 6.07) is 7.28. The minimum Gasteiger partial charge on any atom is -0.464 e. The quantitative estimate of drug-likeness (QED) is 0.506. The highest BCUT2D eigenvalue weighted by Crippen LogP contribution is 2.30. The molecule has 0 aliphatic heterocycles. The Morgan fingerprint density at radius 2 is 1.86 bits per heavy atom. The molecule has 3 N–H and O–H groups in total. The SMILES string of the molecule is COC(=O)c1csc(NC(=O)C(CC2CCCCC2)N(C(C)=O)C(=O)C(N)Cc2ccccc2)n1. The van der Waals surface area contributed by atoms with E-state index < -0.39 is 35.8 Å². The van der Waals surface area contributed by atoms with E-state index in [1.165, 1.54) is 19.4 Å². The van der Waals surface area contributed by atoms with Gasteiger partial charge in [0.05, 0.1) is 13.2 Å². The summed E-state index contributed by atoms with van der Waals surface area (Å²) in [7, 11) is 1.25. The second kappa shape index (κ2) is 12.6. The van der Waals surface area contributed by atoms with Gasteiger partial charge in [-0.1, -0.05) is 62.4 Å². The predicted molar refractivity (Wildman–Crippen MR) is 133 cm³/mol. The van der Waals surface area contributed by atoms with Crippen LogP contribution in [0.1, 0.15) is 61.5 Å². The highest BCUT2D eigenvalue weighted by Gasteiger charge is 2.37. The molecule has 1 aromatic carbocycles. The van der Waals surface area contributed by atoms with Crippen LogP contribution >= 0.6 is 11.3 Å². The Bertz CT molecular complexity index is 1040. The van der Waals surface area contributed by atoms with Crippen LogP contribution in [0.25, 0.3) is 0 Å². The Kier molecular flexibility index (Phi) is 9.50. The van der Waals surface area contributed by atoms with E-state index >= 15 is 0 Å². The number of nitrogens with one attached hydrogen (secondary N) is 1. The molecule has 0 saturated heterocycles. The van der Waals surface area contributed by atoms with Gasteiger partial charge < -0.3 is 15.8 Å². The Balaban J connectivity index is 1.83. The van der Waals surface area contributed by atoms with Crippen molar-refractivity contribution in [1.82, 2.24) is 9.88 Å². The first-order chi connectivity index (χ1) is 16.8. The molecular weight excluding hydrogens is 468 g/mol. The summed E-state index contributed by atoms with van der Waals surface area (Å²) in [6.45, 7) is 1.27. The fourth-order valence-electron chi connectivity index (χ4n) is 4.45. The number of amides is 3. The Hall–Kier alpha value is -3.11. The molecule has 10 heteroatoms. The molecular formula is C25H32N4O5S. The number of thiazole rings is 1. The van der Waals surface area contributed by atoms with Crippen molar-refractivity contribution in [3.8, 4) is 0 Å². The summed E-state index contributed by atoms with van der Waals surface area (Å²) in [5.41, 5.74) is 7.16. The van der Waals surface area contributed by atoms with Crippen LogP contribution in [-0.2, 0) is 25.5 Å². The number of rotatable bonds is 9. The molecule has 1 heterocycles. The van der Waals surface area contributed by atoms with Gasteiger partial charge in [0.1, 0.15) is 6.04 Å². The summed E-state index contributed by atoms with van der Waals surface area (Å²) in [5, 5.41) is 4.35. The second-order valence-corrected chi connectivity index (χ2v) is 9.66. The maximum Gasteiger partial charge on any atom is 0.357 e. The maximum absolute atomic E-state index is 13.4. The van der Waals surface area contributed by atoms with Crippen LogP contribution in [0.15, 0.2) is 35.7 Å². The number of hydrogen-bond acceptors (Lipinski definition) is 8. The van der Waals surface area contributed by atoms with Gasteiger partial charge in [-0.05, 0) is 24.3 Å². The topological polar surface area (TPSA) is 132 Å². The monoisotopic (exact) mass is 500 g/mol. The molecule has 0 radical (unpaired) electrons. The van der Waals surface area contributed by atoms with Crippen LogP contribution in [0.4, 0.5) is 5.13 Å². The van der Waals surface area contributed by atoms with E-state index in [4.69, 9.17) is 5.73 Å². The van der Waals surface area contributed by atoms with Crippen molar-refractivity contribution in [2.45, 2.75) is 64.0 Å². The van der Waals surface area contributed by atoms with E-state index in [-0.39, 0.29) is 23.2 Å². The summed E-state index contributed by atoms with van der Waals surface area (Å²) in [6.07, 6.45) is 5.71. The van der Waals surface area contributed by atoms with Crippen LogP contribution in [0.3, 0.4) is 0 Å². The number of anilines is 1. The molecule has 3 amide bonds. The van der Waals surface area contributed by atoms with Crippen LogP contribution < -0.4 is 11.1 Å². The summed E-state index contributed by atoms with van der Waals surface area (Å²) >= 11 is 1.06. The first kappa shape index (κ1) is 26.5. The molecule has 1 saturated carbocycles. The van der Waals surface area contributed by atoms with Gasteiger partial charge in [-0.2, -0.15) is 0 Å². The molecule has 1 aromatic heterocycles. The van der Waals surface area contributed by atoms with E-state index in [9.17, 15) is 19.2 Å². The lowest BCUT2D eigenvalue weighted by atomic mass is 9.84. The van der Waals surface area contributed by atoms with E-state index in [1.807, 2.05) is 30.3 Å². The van der Waals surface area contributed by atoms with Gasteiger partial charge in [0, 0.05) is 12.3 Å². The third kappa shape index (κ3) is 7.19. The summed E-state index contributed by atoms with van der Waals surface area (Å²) < 4.78 is 4.66. The molecule has 1 aliphatic carbocycles. The summed E-state index contributed by atoms with van der Waals surface area (Å²) in [5.74, 6) is -2.07. The van der Waals surface area contributed by atoms with Crippen LogP contribution in [0, 0.1) is 5.92 Å². The van der Waals surface area contributed by atoms with Gasteiger partial charge in [-0.15, -0.1) is 11.3 Å². The molecule has 0 bridgehead atoms. The molecule has 3 rings (SSSR count). The summed E-state index contributed by atoms with van der Waals surface area (Å²) in [4.78, 5) is 56.3. The number of nitrogens with zero attached hydrogens (tertiary/aromatic N) is 2. The zero-order chi connectivity index (χ0) is 25.4. The molecule has 188 valence electrons. The molecule has 35 heavy (non-hydrogen) atoms. The van der Waals surface area contributed by atoms with Gasteiger partial charge in [0.15, 0.2) is 10.8 Å². The van der Waals surface area contributed by atoms with Crippen molar-refractivity contribution in [3.05, 3.63) is 47.0 Å². The zero-order valence-electron chi connectivity index (χ0n) is 20.1. The normalized spacial score (nSPS) is 15.6. The van der Waals surface area contributed by atoms with Crippen LogP contribution in [0.2, 0.25) is 0 Å². The lowest BCUT2D eigenvalue weighted by Crippen LogP contribution is -2.55. The Morgan fingerprint density at radius 1 is 1.17 bits per heavy atom. The third-order valence-corrected chi connectivity index (χ3v) is 6.97. The lowest BCUT2D eigenvalue weighted by molar-refractivity contribution is -0.151. The average Bonchev–Trinajstić information content (AvgIpc) is 3.32. The van der Waals surface area contributed by atoms with Gasteiger partial charge in [-0.3, -0.25) is 19.3 Å². The predicted octanol–water partition coefficient (Wildman–Crippen LogP) is 3.15. The van der Waals surface area contributed by atoms with Crippen LogP contribution in [0.5, 0.6) is 0 Å². The number of ether oxygens (including phenoxy) is 1. The van der Waals surface area contributed by atoms with Gasteiger partial charge >= 0.3 is 5.97 Å². The van der Waals surface area contributed by atoms with Crippen LogP contribution in [-0.4, -0.2) is 52.8 Å². The Morgan fingerprint density at radius 3 is 2.49 bits per heavy atom. The van der Waals surface area contributed by atoms with Crippen molar-refractivity contribution in [3.63, 3.8) is 0 Å². The molecule has 0 spiro atoms. The fourth-order valence-corrected chi connectivity index (χ4v) is 5.13. The zero-order valence-corrected chi connectivity index (χ0v) is 20.9. The first-order valence-electron chi connectivity index (χ1n) is 11.8. The van der Waals surface area contributed by atoms with Crippen molar-refractivity contribution >= 4 is 40.2 Å². The van der Waals surface area contributed by atoms with Crippen molar-refractivity contribution < 1.29 is 23.9 Å². The standard InChI is InChI=1S/C25H32N4O5S/c1-16(30)29(23(32)19(26)13-17-9-5-3-6-10-17)21(14-18-11-7-4-8-12-18)22(31)28-25-27-20(15-35-25)24(33)34-2/h3,5-6,9-10,15,18-19,21H,4,7-8,11-14,26H2,1-2H3,(H,27,28,31). The van der Waals surface area contributed by atoms with E-state index in [1.54, 1.807) is 0 Å². The van der Waals surface area contributed by atoms with Gasteiger partial charge in [0.25, 0.3) is 0 Å². The number of carbonyl (C=O) groups is 4. The number of aromatic nitrogens is 1. The largest absolute Gasteiger partial charge is 0.464 e. The Labute approximate surface area is 209 Å². The molecule has 9 nitrogen and oxygen atoms in total. The molecule has 1 aliphatic rings. The van der Waals surface area contributed by atoms with Crippen molar-refractivity contribution in [2.24, 2.45) is 11.7 Å². The fraction of sp³-hybridized carbons (Fsp3) is 0.480. The number of methoxy groups -OCH3 is 1. The number of benzene rings is 1. The van der Waals surface area contributed by atoms with E-state index in [0.717, 1.165) is 53.9 Å². The van der Waals surface area contributed by atoms with Crippen molar-refractivity contribution in [2.75, 3.05) is 12.4 Å². The molecule has 2 atom stereocenters. The maximum atomic E-state index is 13.4. The number of imide groups is 1. The number of nitrogens with two attached hydrogens (primary N) is 1. The smallest absolute Gasteiger partial charge is 0.357 e. The molecule has 2 aromatic rings. The lowest BCUT2D eigenvalue weighted by Gasteiger charge is -2.33. The number of hydrogen-bond donors (Lipinski definition) is 2. The van der Waals surface area contributed by atoms with Gasteiger partial charge in [0.2, 0.25) is 17.7 Å². The second-order valence-electron chi connectivity index (χ2n) is 8.80. The van der Waals surface area contributed by atoms with Crippen molar-refractivity contribution in [1.29, 1.82) is 0 Å². The highest BCUT2D eigenvalue weighted by atomic mass is 32.1. The highest BCUT2D eigenvalue weighted by molar-refractivity contribution is 7.14. The molecule has 1 fully saturated rings. The number of carbonyl (C=O) groups excluding carboxylic acids is 4. The third-order valence-electron chi connectivity index (χ3n) is 6.22. The first-order valence-corrected chi connectivity index (χ1v) is 12.7. The molecule has 2 unspecified atom stereocenters.